The van der Waals surface area contributed by atoms with Gasteiger partial charge in [0.15, 0.2) is 0 Å². The third-order valence-corrected chi connectivity index (χ3v) is 4.95. The van der Waals surface area contributed by atoms with E-state index in [2.05, 4.69) is 57.1 Å². The Hall–Kier alpha value is -1.62. The molecule has 110 valence electrons. The Bertz CT molecular complexity index is 613. The molecule has 1 aliphatic rings. The lowest BCUT2D eigenvalue weighted by Gasteiger charge is -2.39. The van der Waals surface area contributed by atoms with Gasteiger partial charge in [0.25, 0.3) is 5.91 Å². The van der Waals surface area contributed by atoms with Crippen molar-refractivity contribution in [1.29, 1.82) is 0 Å². The second kappa shape index (κ2) is 5.64. The summed E-state index contributed by atoms with van der Waals surface area (Å²) in [7, 11) is 0. The van der Waals surface area contributed by atoms with Crippen LogP contribution in [0.3, 0.4) is 0 Å². The molecule has 2 aromatic rings. The summed E-state index contributed by atoms with van der Waals surface area (Å²) in [5.74, 6) is 0.0466. The molecule has 0 aliphatic carbocycles. The largest absolute Gasteiger partial charge is 0.341 e. The molecule has 0 unspecified atom stereocenters. The topological polar surface area (TPSA) is 49.0 Å². The van der Waals surface area contributed by atoms with Crippen LogP contribution in [0, 0.1) is 0 Å². The fraction of sp³-hybridized carbons (Fsp3) is 0.375. The van der Waals surface area contributed by atoms with Crippen LogP contribution in [0.5, 0.6) is 0 Å². The number of amides is 1. The van der Waals surface area contributed by atoms with E-state index in [9.17, 15) is 4.79 Å². The van der Waals surface area contributed by atoms with Gasteiger partial charge in [-0.2, -0.15) is 0 Å². The number of H-pyrrole nitrogens is 1. The number of aromatic amines is 1. The van der Waals surface area contributed by atoms with Crippen molar-refractivity contribution < 1.29 is 4.79 Å². The summed E-state index contributed by atoms with van der Waals surface area (Å²) in [5, 5.41) is 0. The van der Waals surface area contributed by atoms with Crippen molar-refractivity contribution in [2.45, 2.75) is 25.2 Å². The average molecular weight is 348 g/mol. The van der Waals surface area contributed by atoms with Gasteiger partial charge in [0, 0.05) is 17.6 Å². The van der Waals surface area contributed by atoms with Crippen LogP contribution in [0.25, 0.3) is 0 Å². The number of aromatic nitrogens is 2. The van der Waals surface area contributed by atoms with Gasteiger partial charge in [-0.05, 0) is 36.0 Å². The minimum absolute atomic E-state index is 0.0466. The van der Waals surface area contributed by atoms with Crippen LogP contribution in [-0.4, -0.2) is 33.9 Å². The summed E-state index contributed by atoms with van der Waals surface area (Å²) < 4.78 is 1.10. The van der Waals surface area contributed by atoms with Crippen LogP contribution >= 0.6 is 15.9 Å². The van der Waals surface area contributed by atoms with E-state index in [4.69, 9.17) is 0 Å². The zero-order valence-corrected chi connectivity index (χ0v) is 13.6. The zero-order valence-electron chi connectivity index (χ0n) is 12.0. The number of rotatable bonds is 2. The SMILES string of the molecule is CC1(c2ccc(Br)cc2)CCN(C(=O)c2cnc[nH]2)CC1. The monoisotopic (exact) mass is 347 g/mol. The van der Waals surface area contributed by atoms with Gasteiger partial charge in [-0.3, -0.25) is 4.79 Å². The first-order valence-electron chi connectivity index (χ1n) is 7.12. The summed E-state index contributed by atoms with van der Waals surface area (Å²) in [5.41, 5.74) is 2.06. The number of hydrogen-bond acceptors (Lipinski definition) is 2. The number of nitrogens with one attached hydrogen (secondary N) is 1. The van der Waals surface area contributed by atoms with Crippen LogP contribution < -0.4 is 0 Å². The van der Waals surface area contributed by atoms with Crippen LogP contribution in [0.4, 0.5) is 0 Å². The van der Waals surface area contributed by atoms with Crippen LogP contribution in [0.1, 0.15) is 35.8 Å². The van der Waals surface area contributed by atoms with E-state index in [0.717, 1.165) is 30.4 Å². The van der Waals surface area contributed by atoms with Crippen molar-refractivity contribution in [1.82, 2.24) is 14.9 Å². The minimum atomic E-state index is 0.0466. The second-order valence-electron chi connectivity index (χ2n) is 5.83. The van der Waals surface area contributed by atoms with E-state index in [-0.39, 0.29) is 11.3 Å². The van der Waals surface area contributed by atoms with Crippen molar-refractivity contribution in [3.8, 4) is 0 Å². The molecule has 0 atom stereocenters. The van der Waals surface area contributed by atoms with Gasteiger partial charge in [-0.15, -0.1) is 0 Å². The number of hydrogen-bond donors (Lipinski definition) is 1. The first-order chi connectivity index (χ1) is 10.1. The number of nitrogens with zero attached hydrogens (tertiary/aromatic N) is 2. The number of piperidine rings is 1. The lowest BCUT2D eigenvalue weighted by molar-refractivity contribution is 0.0670. The van der Waals surface area contributed by atoms with E-state index in [1.165, 1.54) is 5.56 Å². The van der Waals surface area contributed by atoms with Crippen LogP contribution in [-0.2, 0) is 5.41 Å². The number of likely N-dealkylation sites (tertiary alicyclic amines) is 1. The smallest absolute Gasteiger partial charge is 0.271 e. The van der Waals surface area contributed by atoms with Crippen molar-refractivity contribution >= 4 is 21.8 Å². The van der Waals surface area contributed by atoms with E-state index in [0.29, 0.717) is 5.69 Å². The highest BCUT2D eigenvalue weighted by atomic mass is 79.9. The fourth-order valence-electron chi connectivity index (χ4n) is 2.89. The summed E-state index contributed by atoms with van der Waals surface area (Å²) in [6.45, 7) is 3.85. The molecule has 21 heavy (non-hydrogen) atoms. The van der Waals surface area contributed by atoms with Gasteiger partial charge in [0.2, 0.25) is 0 Å². The Morgan fingerprint density at radius 2 is 1.95 bits per heavy atom. The standard InChI is InChI=1S/C16H18BrN3O/c1-16(12-2-4-13(17)5-3-12)6-8-20(9-7-16)15(21)14-10-18-11-19-14/h2-5,10-11H,6-9H2,1H3,(H,18,19). The van der Waals surface area contributed by atoms with Crippen LogP contribution in [0.2, 0.25) is 0 Å². The van der Waals surface area contributed by atoms with Gasteiger partial charge < -0.3 is 9.88 Å². The Morgan fingerprint density at radius 3 is 2.52 bits per heavy atom. The molecule has 0 saturated carbocycles. The van der Waals surface area contributed by atoms with Crippen molar-refractivity contribution in [2.75, 3.05) is 13.1 Å². The van der Waals surface area contributed by atoms with Crippen molar-refractivity contribution in [3.63, 3.8) is 0 Å². The summed E-state index contributed by atoms with van der Waals surface area (Å²) in [4.78, 5) is 21.0. The Labute approximate surface area is 132 Å². The Morgan fingerprint density at radius 1 is 1.29 bits per heavy atom. The molecule has 1 amide bonds. The van der Waals surface area contributed by atoms with E-state index < -0.39 is 0 Å². The molecule has 3 rings (SSSR count). The van der Waals surface area contributed by atoms with Gasteiger partial charge in [-0.25, -0.2) is 4.98 Å². The van der Waals surface area contributed by atoms with Crippen molar-refractivity contribution in [3.05, 3.63) is 52.5 Å². The maximum atomic E-state index is 12.3. The summed E-state index contributed by atoms with van der Waals surface area (Å²) in [6.07, 6.45) is 5.09. The number of halogens is 1. The maximum Gasteiger partial charge on any atom is 0.271 e. The van der Waals surface area contributed by atoms with Gasteiger partial charge >= 0.3 is 0 Å². The number of carbonyl (C=O) groups is 1. The third-order valence-electron chi connectivity index (χ3n) is 4.42. The van der Waals surface area contributed by atoms with Crippen LogP contribution in [0.15, 0.2) is 41.3 Å². The first kappa shape index (κ1) is 14.3. The zero-order chi connectivity index (χ0) is 14.9. The fourth-order valence-corrected chi connectivity index (χ4v) is 3.15. The highest BCUT2D eigenvalue weighted by Crippen LogP contribution is 2.35. The first-order valence-corrected chi connectivity index (χ1v) is 7.91. The van der Waals surface area contributed by atoms with E-state index in [1.54, 1.807) is 12.5 Å². The highest BCUT2D eigenvalue weighted by molar-refractivity contribution is 9.10. The molecule has 1 saturated heterocycles. The Kier molecular flexibility index (Phi) is 3.85. The number of benzene rings is 1. The highest BCUT2D eigenvalue weighted by Gasteiger charge is 2.33. The molecule has 0 spiro atoms. The quantitative estimate of drug-likeness (QED) is 0.905. The second-order valence-corrected chi connectivity index (χ2v) is 6.74. The molecule has 0 bridgehead atoms. The molecule has 1 N–H and O–H groups in total. The molecule has 2 heterocycles. The van der Waals surface area contributed by atoms with Gasteiger partial charge in [0.1, 0.15) is 5.69 Å². The predicted octanol–water partition coefficient (Wildman–Crippen LogP) is 3.37. The maximum absolute atomic E-state index is 12.3. The van der Waals surface area contributed by atoms with Crippen molar-refractivity contribution in [2.24, 2.45) is 0 Å². The summed E-state index contributed by atoms with van der Waals surface area (Å²) in [6, 6.07) is 8.53. The van der Waals surface area contributed by atoms with Gasteiger partial charge in [-0.1, -0.05) is 35.0 Å². The molecule has 1 aromatic carbocycles. The minimum Gasteiger partial charge on any atom is -0.341 e. The lowest BCUT2D eigenvalue weighted by atomic mass is 9.74. The predicted molar refractivity (Wildman–Crippen MR) is 85.2 cm³/mol. The van der Waals surface area contributed by atoms with Gasteiger partial charge in [0.05, 0.1) is 12.5 Å². The van der Waals surface area contributed by atoms with E-state index >= 15 is 0 Å². The average Bonchev–Trinajstić information content (AvgIpc) is 3.02. The molecule has 4 nitrogen and oxygen atoms in total. The molecular weight excluding hydrogens is 330 g/mol. The lowest BCUT2D eigenvalue weighted by Crippen LogP contribution is -2.44. The summed E-state index contributed by atoms with van der Waals surface area (Å²) >= 11 is 3.48. The number of imidazole rings is 1. The Balaban J connectivity index is 1.69. The normalized spacial score (nSPS) is 17.7. The molecule has 5 heteroatoms. The number of carbonyl (C=O) groups excluding carboxylic acids is 1. The molecule has 1 aliphatic heterocycles. The third kappa shape index (κ3) is 2.88. The molecule has 1 aromatic heterocycles. The molecule has 1 fully saturated rings. The molecule has 0 radical (unpaired) electrons. The van der Waals surface area contributed by atoms with E-state index in [1.807, 2.05) is 4.90 Å². The molecular formula is C16H18BrN3O.